The molecule has 0 radical (unpaired) electrons. The molecule has 2 aromatic rings. The van der Waals surface area contributed by atoms with E-state index in [0.29, 0.717) is 0 Å². The second kappa shape index (κ2) is 11.0. The van der Waals surface area contributed by atoms with E-state index in [9.17, 15) is 0 Å². The lowest BCUT2D eigenvalue weighted by molar-refractivity contribution is 0.460. The molecule has 26 heavy (non-hydrogen) atoms. The third kappa shape index (κ3) is 6.61. The number of aliphatic imine (C=N–C) groups is 1. The van der Waals surface area contributed by atoms with E-state index < -0.39 is 0 Å². The van der Waals surface area contributed by atoms with E-state index in [1.165, 1.54) is 11.4 Å². The van der Waals surface area contributed by atoms with Crippen LogP contribution in [0.5, 0.6) is 0 Å². The Kier molecular flexibility index (Phi) is 9.70. The zero-order valence-electron chi connectivity index (χ0n) is 16.3. The zero-order chi connectivity index (χ0) is 18.4. The van der Waals surface area contributed by atoms with Gasteiger partial charge in [-0.05, 0) is 55.3 Å². The fraction of sp³-hybridized carbons (Fsp3) is 0.556. The van der Waals surface area contributed by atoms with Crippen LogP contribution in [0.3, 0.4) is 0 Å². The standard InChI is InChI=1S/C18H29BrN6.HI/c1-6-20-18(24(5)13-17-11-16(19)12-23(17)4)21-8-7-9-25-15(3)10-14(2)22-25;/h10-12H,6-9,13H2,1-5H3,(H,20,21);1H. The van der Waals surface area contributed by atoms with Gasteiger partial charge in [-0.15, -0.1) is 24.0 Å². The van der Waals surface area contributed by atoms with E-state index in [1.807, 2.05) is 6.92 Å². The maximum absolute atomic E-state index is 4.77. The molecule has 0 unspecified atom stereocenters. The highest BCUT2D eigenvalue weighted by Crippen LogP contribution is 2.15. The third-order valence-corrected chi connectivity index (χ3v) is 4.50. The molecule has 146 valence electrons. The fourth-order valence-corrected chi connectivity index (χ4v) is 3.39. The molecule has 0 aromatic carbocycles. The zero-order valence-corrected chi connectivity index (χ0v) is 20.2. The van der Waals surface area contributed by atoms with Gasteiger partial charge >= 0.3 is 0 Å². The minimum atomic E-state index is 0. The van der Waals surface area contributed by atoms with Crippen LogP contribution in [0.15, 0.2) is 27.8 Å². The van der Waals surface area contributed by atoms with Gasteiger partial charge in [-0.25, -0.2) is 0 Å². The van der Waals surface area contributed by atoms with Crippen molar-refractivity contribution in [1.29, 1.82) is 0 Å². The van der Waals surface area contributed by atoms with E-state index in [0.717, 1.165) is 48.7 Å². The van der Waals surface area contributed by atoms with Crippen LogP contribution in [-0.2, 0) is 20.1 Å². The Labute approximate surface area is 182 Å². The van der Waals surface area contributed by atoms with Crippen molar-refractivity contribution in [2.75, 3.05) is 20.1 Å². The minimum absolute atomic E-state index is 0. The van der Waals surface area contributed by atoms with Gasteiger partial charge in [-0.3, -0.25) is 9.67 Å². The van der Waals surface area contributed by atoms with Crippen LogP contribution in [0, 0.1) is 13.8 Å². The molecule has 0 atom stereocenters. The highest BCUT2D eigenvalue weighted by Gasteiger charge is 2.09. The first-order valence-electron chi connectivity index (χ1n) is 8.72. The predicted molar refractivity (Wildman–Crippen MR) is 122 cm³/mol. The number of hydrogen-bond acceptors (Lipinski definition) is 2. The number of nitrogens with zero attached hydrogens (tertiary/aromatic N) is 5. The monoisotopic (exact) mass is 536 g/mol. The summed E-state index contributed by atoms with van der Waals surface area (Å²) < 4.78 is 5.29. The summed E-state index contributed by atoms with van der Waals surface area (Å²) in [7, 11) is 4.13. The Morgan fingerprint density at radius 1 is 1.35 bits per heavy atom. The van der Waals surface area contributed by atoms with Crippen LogP contribution in [0.4, 0.5) is 0 Å². The van der Waals surface area contributed by atoms with Gasteiger partial charge in [0.25, 0.3) is 0 Å². The van der Waals surface area contributed by atoms with Crippen LogP contribution in [0.2, 0.25) is 0 Å². The molecule has 0 aliphatic rings. The van der Waals surface area contributed by atoms with Crippen molar-refractivity contribution >= 4 is 45.9 Å². The summed E-state index contributed by atoms with van der Waals surface area (Å²) in [5.74, 6) is 0.938. The summed E-state index contributed by atoms with van der Waals surface area (Å²) in [6.07, 6.45) is 3.04. The largest absolute Gasteiger partial charge is 0.357 e. The van der Waals surface area contributed by atoms with Crippen molar-refractivity contribution in [3.63, 3.8) is 0 Å². The molecule has 0 saturated carbocycles. The fourth-order valence-electron chi connectivity index (χ4n) is 2.82. The van der Waals surface area contributed by atoms with Crippen molar-refractivity contribution in [2.45, 2.75) is 40.3 Å². The highest BCUT2D eigenvalue weighted by molar-refractivity contribution is 14.0. The summed E-state index contributed by atoms with van der Waals surface area (Å²) in [5.41, 5.74) is 3.52. The van der Waals surface area contributed by atoms with E-state index in [1.54, 1.807) is 0 Å². The lowest BCUT2D eigenvalue weighted by atomic mass is 10.4. The summed E-state index contributed by atoms with van der Waals surface area (Å²) >= 11 is 3.53. The van der Waals surface area contributed by atoms with Gasteiger partial charge in [0.1, 0.15) is 0 Å². The SMILES string of the molecule is CCNC(=NCCCn1nc(C)cc1C)N(C)Cc1cc(Br)cn1C.I. The number of aromatic nitrogens is 3. The molecule has 0 aliphatic carbocycles. The highest BCUT2D eigenvalue weighted by atomic mass is 127. The number of guanidine groups is 1. The lowest BCUT2D eigenvalue weighted by Gasteiger charge is -2.22. The first-order valence-corrected chi connectivity index (χ1v) is 9.51. The van der Waals surface area contributed by atoms with Crippen molar-refractivity contribution in [2.24, 2.45) is 12.0 Å². The average molecular weight is 537 g/mol. The number of halogens is 2. The Hall–Kier alpha value is -1.03. The number of aryl methyl sites for hydroxylation is 4. The Balaban J connectivity index is 0.00000338. The van der Waals surface area contributed by atoms with Crippen LogP contribution < -0.4 is 5.32 Å². The van der Waals surface area contributed by atoms with Gasteiger partial charge in [-0.2, -0.15) is 5.10 Å². The van der Waals surface area contributed by atoms with Crippen molar-refractivity contribution < 1.29 is 0 Å². The van der Waals surface area contributed by atoms with Crippen LogP contribution in [0.25, 0.3) is 0 Å². The topological polar surface area (TPSA) is 50.4 Å². The first kappa shape index (κ1) is 23.0. The average Bonchev–Trinajstić information content (AvgIpc) is 3.03. The summed E-state index contributed by atoms with van der Waals surface area (Å²) in [6.45, 7) is 9.57. The molecule has 2 rings (SSSR count). The predicted octanol–water partition coefficient (Wildman–Crippen LogP) is 3.71. The summed E-state index contributed by atoms with van der Waals surface area (Å²) in [5, 5.41) is 7.88. The summed E-state index contributed by atoms with van der Waals surface area (Å²) in [6, 6.07) is 4.25. The molecule has 2 heterocycles. The molecular weight excluding hydrogens is 507 g/mol. The minimum Gasteiger partial charge on any atom is -0.357 e. The Bertz CT molecular complexity index is 721. The summed E-state index contributed by atoms with van der Waals surface area (Å²) in [4.78, 5) is 6.93. The van der Waals surface area contributed by atoms with Crippen molar-refractivity contribution in [3.05, 3.63) is 39.9 Å². The number of hydrogen-bond donors (Lipinski definition) is 1. The van der Waals surface area contributed by atoms with Gasteiger partial charge in [-0.1, -0.05) is 0 Å². The molecule has 0 aliphatic heterocycles. The van der Waals surface area contributed by atoms with Gasteiger partial charge in [0, 0.05) is 55.8 Å². The first-order chi connectivity index (χ1) is 11.9. The molecule has 1 N–H and O–H groups in total. The van der Waals surface area contributed by atoms with Gasteiger partial charge in [0.2, 0.25) is 0 Å². The molecule has 0 spiro atoms. The van der Waals surface area contributed by atoms with E-state index in [-0.39, 0.29) is 24.0 Å². The lowest BCUT2D eigenvalue weighted by Crippen LogP contribution is -2.39. The van der Waals surface area contributed by atoms with E-state index in [4.69, 9.17) is 4.99 Å². The number of nitrogens with one attached hydrogen (secondary N) is 1. The molecule has 0 bridgehead atoms. The molecule has 2 aromatic heterocycles. The quantitative estimate of drug-likeness (QED) is 0.254. The molecule has 8 heteroatoms. The Morgan fingerprint density at radius 3 is 2.62 bits per heavy atom. The maximum atomic E-state index is 4.77. The van der Waals surface area contributed by atoms with Gasteiger partial charge < -0.3 is 14.8 Å². The second-order valence-corrected chi connectivity index (χ2v) is 7.27. The van der Waals surface area contributed by atoms with Crippen molar-refractivity contribution in [3.8, 4) is 0 Å². The normalized spacial score (nSPS) is 11.4. The smallest absolute Gasteiger partial charge is 0.194 e. The van der Waals surface area contributed by atoms with Gasteiger partial charge in [0.05, 0.1) is 12.2 Å². The second-order valence-electron chi connectivity index (χ2n) is 6.36. The van der Waals surface area contributed by atoms with E-state index >= 15 is 0 Å². The van der Waals surface area contributed by atoms with Crippen LogP contribution >= 0.6 is 39.9 Å². The molecule has 0 amide bonds. The molecule has 0 fully saturated rings. The molecular formula is C18H30BrIN6. The molecule has 0 saturated heterocycles. The Morgan fingerprint density at radius 2 is 2.08 bits per heavy atom. The van der Waals surface area contributed by atoms with Crippen LogP contribution in [-0.4, -0.2) is 45.3 Å². The van der Waals surface area contributed by atoms with E-state index in [2.05, 4.69) is 86.8 Å². The maximum Gasteiger partial charge on any atom is 0.194 e. The van der Waals surface area contributed by atoms with Crippen LogP contribution in [0.1, 0.15) is 30.4 Å². The van der Waals surface area contributed by atoms with Crippen molar-refractivity contribution in [1.82, 2.24) is 24.6 Å². The molecule has 6 nitrogen and oxygen atoms in total. The third-order valence-electron chi connectivity index (χ3n) is 4.06. The number of rotatable bonds is 7. The van der Waals surface area contributed by atoms with Gasteiger partial charge in [0.15, 0.2) is 5.96 Å².